The molecular weight excluding hydrogens is 236 g/mol. The second-order valence-corrected chi connectivity index (χ2v) is 5.82. The number of nitrogens with zero attached hydrogens (tertiary/aromatic N) is 1. The maximum atomic E-state index is 6.35. The van der Waals surface area contributed by atoms with E-state index < -0.39 is 0 Å². The number of aryl methyl sites for hydroxylation is 2. The summed E-state index contributed by atoms with van der Waals surface area (Å²) < 4.78 is 5.63. The van der Waals surface area contributed by atoms with E-state index in [0.717, 1.165) is 19.6 Å². The largest absolute Gasteiger partial charge is 0.377 e. The topological polar surface area (TPSA) is 38.5 Å². The highest BCUT2D eigenvalue weighted by Crippen LogP contribution is 2.21. The average molecular weight is 262 g/mol. The Morgan fingerprint density at radius 3 is 2.68 bits per heavy atom. The summed E-state index contributed by atoms with van der Waals surface area (Å²) in [5, 5.41) is 0. The molecule has 1 aromatic rings. The number of benzene rings is 1. The standard InChI is InChI=1S/C16H26N2O/c1-11-5-6-14(9-12(11)2)15(17)10-18(4)16-7-8-19-13(16)3/h5-6,9,13,15-16H,7-8,10,17H2,1-4H3. The minimum Gasteiger partial charge on any atom is -0.377 e. The van der Waals surface area contributed by atoms with Crippen molar-refractivity contribution in [2.45, 2.75) is 45.4 Å². The van der Waals surface area contributed by atoms with Crippen LogP contribution in [0.4, 0.5) is 0 Å². The van der Waals surface area contributed by atoms with Crippen molar-refractivity contribution in [2.75, 3.05) is 20.2 Å². The number of hydrogen-bond donors (Lipinski definition) is 1. The minimum atomic E-state index is 0.0668. The van der Waals surface area contributed by atoms with Gasteiger partial charge < -0.3 is 10.5 Å². The molecule has 1 fully saturated rings. The van der Waals surface area contributed by atoms with Crippen LogP contribution in [0, 0.1) is 13.8 Å². The van der Waals surface area contributed by atoms with E-state index >= 15 is 0 Å². The second kappa shape index (κ2) is 6.04. The summed E-state index contributed by atoms with van der Waals surface area (Å²) >= 11 is 0. The third-order valence-corrected chi connectivity index (χ3v) is 4.35. The highest BCUT2D eigenvalue weighted by Gasteiger charge is 2.28. The molecule has 3 unspecified atom stereocenters. The van der Waals surface area contributed by atoms with Gasteiger partial charge in [0, 0.05) is 25.2 Å². The van der Waals surface area contributed by atoms with E-state index in [1.807, 2.05) is 0 Å². The molecule has 0 aliphatic carbocycles. The normalized spacial score (nSPS) is 24.9. The molecule has 0 amide bonds. The van der Waals surface area contributed by atoms with Gasteiger partial charge in [0.05, 0.1) is 6.10 Å². The van der Waals surface area contributed by atoms with Gasteiger partial charge in [-0.15, -0.1) is 0 Å². The van der Waals surface area contributed by atoms with E-state index in [2.05, 4.69) is 50.9 Å². The molecule has 19 heavy (non-hydrogen) atoms. The number of nitrogens with two attached hydrogens (primary N) is 1. The number of hydrogen-bond acceptors (Lipinski definition) is 3. The molecule has 3 nitrogen and oxygen atoms in total. The fourth-order valence-electron chi connectivity index (χ4n) is 2.85. The first kappa shape index (κ1) is 14.5. The first-order valence-corrected chi connectivity index (χ1v) is 7.13. The van der Waals surface area contributed by atoms with Gasteiger partial charge in [-0.2, -0.15) is 0 Å². The Balaban J connectivity index is 1.99. The molecule has 0 bridgehead atoms. The Labute approximate surface area is 116 Å². The van der Waals surface area contributed by atoms with Crippen molar-refractivity contribution in [3.63, 3.8) is 0 Å². The minimum absolute atomic E-state index is 0.0668. The molecule has 1 saturated heterocycles. The Hall–Kier alpha value is -0.900. The van der Waals surface area contributed by atoms with E-state index in [-0.39, 0.29) is 6.04 Å². The molecule has 2 N–H and O–H groups in total. The van der Waals surface area contributed by atoms with E-state index in [1.165, 1.54) is 16.7 Å². The van der Waals surface area contributed by atoms with Gasteiger partial charge in [0.25, 0.3) is 0 Å². The Bertz CT molecular complexity index is 433. The Morgan fingerprint density at radius 2 is 2.11 bits per heavy atom. The lowest BCUT2D eigenvalue weighted by Gasteiger charge is -2.29. The highest BCUT2D eigenvalue weighted by atomic mass is 16.5. The average Bonchev–Trinajstić information content (AvgIpc) is 2.79. The fraction of sp³-hybridized carbons (Fsp3) is 0.625. The van der Waals surface area contributed by atoms with Crippen LogP contribution >= 0.6 is 0 Å². The first-order valence-electron chi connectivity index (χ1n) is 7.13. The Kier molecular flexibility index (Phi) is 4.61. The van der Waals surface area contributed by atoms with Gasteiger partial charge in [0.15, 0.2) is 0 Å². The summed E-state index contributed by atoms with van der Waals surface area (Å²) in [7, 11) is 2.15. The smallest absolute Gasteiger partial charge is 0.0702 e. The quantitative estimate of drug-likeness (QED) is 0.905. The molecule has 3 atom stereocenters. The molecule has 1 aliphatic heterocycles. The van der Waals surface area contributed by atoms with Crippen LogP contribution in [0.2, 0.25) is 0 Å². The van der Waals surface area contributed by atoms with Gasteiger partial charge in [0.1, 0.15) is 0 Å². The fourth-order valence-corrected chi connectivity index (χ4v) is 2.85. The van der Waals surface area contributed by atoms with Gasteiger partial charge in [0.2, 0.25) is 0 Å². The zero-order chi connectivity index (χ0) is 14.0. The third-order valence-electron chi connectivity index (χ3n) is 4.35. The van der Waals surface area contributed by atoms with Crippen LogP contribution in [0.5, 0.6) is 0 Å². The summed E-state index contributed by atoms with van der Waals surface area (Å²) in [6.45, 7) is 8.17. The molecule has 0 radical (unpaired) electrons. The van der Waals surface area contributed by atoms with E-state index in [4.69, 9.17) is 10.5 Å². The predicted octanol–water partition coefficient (Wildman–Crippen LogP) is 2.41. The van der Waals surface area contributed by atoms with Crippen molar-refractivity contribution in [1.82, 2.24) is 4.90 Å². The first-order chi connectivity index (χ1) is 8.99. The van der Waals surface area contributed by atoms with Crippen molar-refractivity contribution in [3.05, 3.63) is 34.9 Å². The Morgan fingerprint density at radius 1 is 1.37 bits per heavy atom. The summed E-state index contributed by atoms with van der Waals surface area (Å²) in [6, 6.07) is 7.08. The highest BCUT2D eigenvalue weighted by molar-refractivity contribution is 5.31. The van der Waals surface area contributed by atoms with Crippen molar-refractivity contribution in [3.8, 4) is 0 Å². The van der Waals surface area contributed by atoms with Crippen molar-refractivity contribution >= 4 is 0 Å². The SMILES string of the molecule is Cc1ccc(C(N)CN(C)C2CCOC2C)cc1C. The van der Waals surface area contributed by atoms with Crippen LogP contribution in [0.15, 0.2) is 18.2 Å². The molecule has 2 rings (SSSR count). The lowest BCUT2D eigenvalue weighted by Crippen LogP contribution is -2.40. The molecule has 1 aromatic carbocycles. The number of likely N-dealkylation sites (N-methyl/N-ethyl adjacent to an activating group) is 1. The van der Waals surface area contributed by atoms with Gasteiger partial charge in [-0.25, -0.2) is 0 Å². The van der Waals surface area contributed by atoms with Crippen LogP contribution in [0.25, 0.3) is 0 Å². The molecule has 1 aliphatic rings. The van der Waals surface area contributed by atoms with Crippen molar-refractivity contribution < 1.29 is 4.74 Å². The van der Waals surface area contributed by atoms with Gasteiger partial charge in [-0.1, -0.05) is 18.2 Å². The number of ether oxygens (including phenoxy) is 1. The van der Waals surface area contributed by atoms with E-state index in [0.29, 0.717) is 12.1 Å². The molecule has 106 valence electrons. The lowest BCUT2D eigenvalue weighted by atomic mass is 10.0. The monoisotopic (exact) mass is 262 g/mol. The zero-order valence-corrected chi connectivity index (χ0v) is 12.5. The number of rotatable bonds is 4. The molecule has 0 spiro atoms. The maximum absolute atomic E-state index is 6.35. The second-order valence-electron chi connectivity index (χ2n) is 5.82. The van der Waals surface area contributed by atoms with Crippen LogP contribution in [0.1, 0.15) is 36.1 Å². The summed E-state index contributed by atoms with van der Waals surface area (Å²) in [5.41, 5.74) is 10.2. The molecule has 0 aromatic heterocycles. The molecule has 0 saturated carbocycles. The molecular formula is C16H26N2O. The van der Waals surface area contributed by atoms with Crippen LogP contribution < -0.4 is 5.73 Å². The van der Waals surface area contributed by atoms with Crippen molar-refractivity contribution in [1.29, 1.82) is 0 Å². The maximum Gasteiger partial charge on any atom is 0.0702 e. The third kappa shape index (κ3) is 3.35. The van der Waals surface area contributed by atoms with E-state index in [9.17, 15) is 0 Å². The molecule has 3 heteroatoms. The summed E-state index contributed by atoms with van der Waals surface area (Å²) in [4.78, 5) is 2.34. The van der Waals surface area contributed by atoms with Crippen LogP contribution in [-0.4, -0.2) is 37.2 Å². The predicted molar refractivity (Wildman–Crippen MR) is 79.3 cm³/mol. The van der Waals surface area contributed by atoms with Crippen LogP contribution in [-0.2, 0) is 4.74 Å². The molecule has 1 heterocycles. The summed E-state index contributed by atoms with van der Waals surface area (Å²) in [5.74, 6) is 0. The van der Waals surface area contributed by atoms with Gasteiger partial charge in [-0.3, -0.25) is 4.90 Å². The van der Waals surface area contributed by atoms with Gasteiger partial charge >= 0.3 is 0 Å². The van der Waals surface area contributed by atoms with Crippen LogP contribution in [0.3, 0.4) is 0 Å². The van der Waals surface area contributed by atoms with Crippen molar-refractivity contribution in [2.24, 2.45) is 5.73 Å². The van der Waals surface area contributed by atoms with E-state index in [1.54, 1.807) is 0 Å². The van der Waals surface area contributed by atoms with Gasteiger partial charge in [-0.05, 0) is 50.9 Å². The zero-order valence-electron chi connectivity index (χ0n) is 12.5. The summed E-state index contributed by atoms with van der Waals surface area (Å²) in [6.07, 6.45) is 1.43. The lowest BCUT2D eigenvalue weighted by molar-refractivity contribution is 0.0818.